The van der Waals surface area contributed by atoms with Crippen LogP contribution in [0.15, 0.2) is 47.1 Å². The minimum atomic E-state index is -0.174. The van der Waals surface area contributed by atoms with E-state index in [1.807, 2.05) is 31.2 Å². The molecule has 1 aromatic heterocycles. The lowest BCUT2D eigenvalue weighted by Crippen LogP contribution is -2.24. The molecule has 2 nitrogen and oxygen atoms in total. The van der Waals surface area contributed by atoms with Crippen LogP contribution in [-0.4, -0.2) is 0 Å². The minimum absolute atomic E-state index is 0.0544. The third-order valence-electron chi connectivity index (χ3n) is 3.12. The van der Waals surface area contributed by atoms with Gasteiger partial charge < -0.3 is 9.73 Å². The molecule has 0 saturated carbocycles. The lowest BCUT2D eigenvalue weighted by molar-refractivity contribution is 0.372. The van der Waals surface area contributed by atoms with Crippen LogP contribution in [0.25, 0.3) is 0 Å². The zero-order valence-electron chi connectivity index (χ0n) is 10.7. The number of nitrogens with one attached hydrogen (secondary N) is 1. The first-order chi connectivity index (χ1) is 8.72. The summed E-state index contributed by atoms with van der Waals surface area (Å²) in [6, 6.07) is 10.7. The highest BCUT2D eigenvalue weighted by atomic mass is 19.1. The predicted molar refractivity (Wildman–Crippen MR) is 69.7 cm³/mol. The number of furan rings is 1. The Morgan fingerprint density at radius 2 is 2.00 bits per heavy atom. The quantitative estimate of drug-likeness (QED) is 0.855. The summed E-state index contributed by atoms with van der Waals surface area (Å²) >= 11 is 0. The number of halogens is 1. The Balaban J connectivity index is 2.11. The van der Waals surface area contributed by atoms with E-state index in [0.717, 1.165) is 12.2 Å². The highest BCUT2D eigenvalue weighted by Gasteiger charge is 2.17. The van der Waals surface area contributed by atoms with Gasteiger partial charge in [0.05, 0.1) is 12.3 Å². The number of rotatable bonds is 5. The molecule has 1 unspecified atom stereocenters. The molecule has 1 N–H and O–H groups in total. The van der Waals surface area contributed by atoms with Gasteiger partial charge in [-0.1, -0.05) is 25.1 Å². The molecule has 0 aliphatic rings. The van der Waals surface area contributed by atoms with Crippen LogP contribution in [0.1, 0.15) is 43.7 Å². The van der Waals surface area contributed by atoms with E-state index in [1.165, 1.54) is 6.07 Å². The van der Waals surface area contributed by atoms with Gasteiger partial charge in [-0.3, -0.25) is 0 Å². The van der Waals surface area contributed by atoms with Gasteiger partial charge in [-0.2, -0.15) is 0 Å². The highest BCUT2D eigenvalue weighted by Crippen LogP contribution is 2.23. The Morgan fingerprint density at radius 3 is 2.61 bits per heavy atom. The summed E-state index contributed by atoms with van der Waals surface area (Å²) in [5.41, 5.74) is 0.683. The first-order valence-electron chi connectivity index (χ1n) is 6.26. The van der Waals surface area contributed by atoms with Crippen molar-refractivity contribution in [2.75, 3.05) is 0 Å². The average Bonchev–Trinajstić information content (AvgIpc) is 2.90. The fraction of sp³-hybridized carbons (Fsp3) is 0.333. The van der Waals surface area contributed by atoms with E-state index in [9.17, 15) is 4.39 Å². The SMILES string of the molecule is CCC(N[C@H](C)c1ccccc1F)c1ccco1. The number of hydrogen-bond donors (Lipinski definition) is 1. The van der Waals surface area contributed by atoms with Gasteiger partial charge in [0.2, 0.25) is 0 Å². The molecule has 0 aliphatic heterocycles. The molecule has 0 aliphatic carbocycles. The molecule has 2 atom stereocenters. The van der Waals surface area contributed by atoms with Crippen molar-refractivity contribution in [2.24, 2.45) is 0 Å². The van der Waals surface area contributed by atoms with Gasteiger partial charge in [-0.15, -0.1) is 0 Å². The maximum Gasteiger partial charge on any atom is 0.127 e. The molecule has 96 valence electrons. The Labute approximate surface area is 107 Å². The van der Waals surface area contributed by atoms with E-state index < -0.39 is 0 Å². The molecule has 2 aromatic rings. The van der Waals surface area contributed by atoms with Crippen molar-refractivity contribution in [1.82, 2.24) is 5.32 Å². The van der Waals surface area contributed by atoms with Crippen LogP contribution in [0.5, 0.6) is 0 Å². The monoisotopic (exact) mass is 247 g/mol. The second-order valence-corrected chi connectivity index (χ2v) is 4.39. The van der Waals surface area contributed by atoms with Crippen molar-refractivity contribution in [1.29, 1.82) is 0 Å². The summed E-state index contributed by atoms with van der Waals surface area (Å²) in [7, 11) is 0. The maximum atomic E-state index is 13.7. The fourth-order valence-corrected chi connectivity index (χ4v) is 2.11. The van der Waals surface area contributed by atoms with Gasteiger partial charge in [-0.25, -0.2) is 4.39 Å². The Hall–Kier alpha value is -1.61. The van der Waals surface area contributed by atoms with Crippen molar-refractivity contribution >= 4 is 0 Å². The van der Waals surface area contributed by atoms with Gasteiger partial charge in [-0.05, 0) is 31.5 Å². The molecule has 0 radical (unpaired) electrons. The standard InChI is InChI=1S/C15H18FNO/c1-3-14(15-9-6-10-18-15)17-11(2)12-7-4-5-8-13(12)16/h4-11,14,17H,3H2,1-2H3/t11-,14?/m1/s1. The topological polar surface area (TPSA) is 25.2 Å². The fourth-order valence-electron chi connectivity index (χ4n) is 2.11. The third-order valence-corrected chi connectivity index (χ3v) is 3.12. The Kier molecular flexibility index (Phi) is 4.15. The predicted octanol–water partition coefficient (Wildman–Crippen LogP) is 4.22. The van der Waals surface area contributed by atoms with Crippen LogP contribution >= 0.6 is 0 Å². The van der Waals surface area contributed by atoms with Crippen molar-refractivity contribution in [3.8, 4) is 0 Å². The van der Waals surface area contributed by atoms with Gasteiger partial charge in [0.15, 0.2) is 0 Å². The largest absolute Gasteiger partial charge is 0.468 e. The second kappa shape index (κ2) is 5.83. The van der Waals surface area contributed by atoms with Crippen molar-refractivity contribution < 1.29 is 8.81 Å². The minimum Gasteiger partial charge on any atom is -0.468 e. The summed E-state index contributed by atoms with van der Waals surface area (Å²) in [6.45, 7) is 4.04. The molecular weight excluding hydrogens is 229 g/mol. The molecule has 0 saturated heterocycles. The molecule has 0 amide bonds. The van der Waals surface area contributed by atoms with E-state index in [2.05, 4.69) is 12.2 Å². The van der Waals surface area contributed by atoms with E-state index >= 15 is 0 Å². The zero-order valence-corrected chi connectivity index (χ0v) is 10.7. The summed E-state index contributed by atoms with van der Waals surface area (Å²) in [4.78, 5) is 0. The lowest BCUT2D eigenvalue weighted by Gasteiger charge is -2.21. The van der Waals surface area contributed by atoms with E-state index in [4.69, 9.17) is 4.42 Å². The number of hydrogen-bond acceptors (Lipinski definition) is 2. The van der Waals surface area contributed by atoms with Gasteiger partial charge >= 0.3 is 0 Å². The number of benzene rings is 1. The van der Waals surface area contributed by atoms with Gasteiger partial charge in [0.25, 0.3) is 0 Å². The van der Waals surface area contributed by atoms with Crippen LogP contribution in [0, 0.1) is 5.82 Å². The van der Waals surface area contributed by atoms with Crippen LogP contribution in [-0.2, 0) is 0 Å². The van der Waals surface area contributed by atoms with E-state index in [0.29, 0.717) is 5.56 Å². The Bertz CT molecular complexity index is 481. The molecule has 18 heavy (non-hydrogen) atoms. The summed E-state index contributed by atoms with van der Waals surface area (Å²) < 4.78 is 19.1. The Morgan fingerprint density at radius 1 is 1.22 bits per heavy atom. The van der Waals surface area contributed by atoms with Gasteiger partial charge in [0, 0.05) is 11.6 Å². The van der Waals surface area contributed by atoms with Crippen molar-refractivity contribution in [2.45, 2.75) is 32.4 Å². The molecule has 0 fully saturated rings. The molecule has 0 spiro atoms. The molecule has 3 heteroatoms. The van der Waals surface area contributed by atoms with Gasteiger partial charge in [0.1, 0.15) is 11.6 Å². The molecule has 2 rings (SSSR count). The normalized spacial score (nSPS) is 14.4. The highest BCUT2D eigenvalue weighted by molar-refractivity contribution is 5.21. The smallest absolute Gasteiger partial charge is 0.127 e. The lowest BCUT2D eigenvalue weighted by atomic mass is 10.1. The van der Waals surface area contributed by atoms with Crippen LogP contribution in [0.4, 0.5) is 4.39 Å². The third kappa shape index (κ3) is 2.79. The average molecular weight is 247 g/mol. The second-order valence-electron chi connectivity index (χ2n) is 4.39. The van der Waals surface area contributed by atoms with E-state index in [-0.39, 0.29) is 17.9 Å². The zero-order chi connectivity index (χ0) is 13.0. The van der Waals surface area contributed by atoms with Crippen molar-refractivity contribution in [3.05, 3.63) is 59.8 Å². The molecule has 1 aromatic carbocycles. The first kappa shape index (κ1) is 12.8. The maximum absolute atomic E-state index is 13.7. The molecule has 0 bridgehead atoms. The van der Waals surface area contributed by atoms with Crippen LogP contribution in [0.3, 0.4) is 0 Å². The molecular formula is C15H18FNO. The van der Waals surface area contributed by atoms with Crippen molar-refractivity contribution in [3.63, 3.8) is 0 Å². The molecule has 1 heterocycles. The van der Waals surface area contributed by atoms with Crippen LogP contribution < -0.4 is 5.32 Å². The summed E-state index contributed by atoms with van der Waals surface area (Å²) in [5, 5.41) is 3.39. The van der Waals surface area contributed by atoms with E-state index in [1.54, 1.807) is 12.3 Å². The van der Waals surface area contributed by atoms with Crippen LogP contribution in [0.2, 0.25) is 0 Å². The summed E-state index contributed by atoms with van der Waals surface area (Å²) in [6.07, 6.45) is 2.56. The summed E-state index contributed by atoms with van der Waals surface area (Å²) in [5.74, 6) is 0.715. The first-order valence-corrected chi connectivity index (χ1v) is 6.26.